The van der Waals surface area contributed by atoms with Gasteiger partial charge < -0.3 is 10.2 Å². The average molecular weight is 373 g/mol. The maximum atomic E-state index is 12.4. The number of nitrogens with one attached hydrogen (secondary N) is 1. The van der Waals surface area contributed by atoms with Gasteiger partial charge in [0.1, 0.15) is 5.69 Å². The van der Waals surface area contributed by atoms with E-state index < -0.39 is 0 Å². The van der Waals surface area contributed by atoms with Gasteiger partial charge in [0.2, 0.25) is 5.91 Å². The minimum Gasteiger partial charge on any atom is -0.349 e. The number of hydrogen-bond donors (Lipinski definition) is 1. The molecule has 8 heteroatoms. The summed E-state index contributed by atoms with van der Waals surface area (Å²) >= 11 is 1.31. The Balaban J connectivity index is 1.49. The largest absolute Gasteiger partial charge is 0.349 e. The molecule has 0 unspecified atom stereocenters. The van der Waals surface area contributed by atoms with Crippen LogP contribution in [0.3, 0.4) is 0 Å². The van der Waals surface area contributed by atoms with Gasteiger partial charge in [0.15, 0.2) is 0 Å². The van der Waals surface area contributed by atoms with Crippen molar-refractivity contribution in [3.05, 3.63) is 35.2 Å². The van der Waals surface area contributed by atoms with E-state index in [9.17, 15) is 9.59 Å². The zero-order valence-corrected chi connectivity index (χ0v) is 15.8. The lowest BCUT2D eigenvalue weighted by atomic mass is 10.0. The molecule has 0 spiro atoms. The predicted octanol–water partition coefficient (Wildman–Crippen LogP) is 1.49. The molecule has 1 aliphatic rings. The number of carbonyl (C=O) groups is 2. The Hall–Kier alpha value is -2.32. The highest BCUT2D eigenvalue weighted by molar-refractivity contribution is 7.03. The van der Waals surface area contributed by atoms with Crippen LogP contribution in [0, 0.1) is 0 Å². The molecule has 7 nitrogen and oxygen atoms in total. The number of hydrogen-bond acceptors (Lipinski definition) is 6. The van der Waals surface area contributed by atoms with E-state index in [0.29, 0.717) is 12.1 Å². The number of piperidine rings is 1. The van der Waals surface area contributed by atoms with Crippen molar-refractivity contribution in [2.45, 2.75) is 18.9 Å². The lowest BCUT2D eigenvalue weighted by molar-refractivity contribution is -0.130. The van der Waals surface area contributed by atoms with Crippen LogP contribution < -0.4 is 5.32 Å². The Morgan fingerprint density at radius 1 is 1.23 bits per heavy atom. The van der Waals surface area contributed by atoms with Gasteiger partial charge in [-0.3, -0.25) is 14.5 Å². The van der Waals surface area contributed by atoms with Crippen molar-refractivity contribution in [2.24, 2.45) is 0 Å². The van der Waals surface area contributed by atoms with Crippen molar-refractivity contribution in [2.75, 3.05) is 33.7 Å². The molecule has 2 amide bonds. The first-order valence-corrected chi connectivity index (χ1v) is 9.47. The van der Waals surface area contributed by atoms with E-state index >= 15 is 0 Å². The van der Waals surface area contributed by atoms with Crippen molar-refractivity contribution in [3.8, 4) is 11.3 Å². The van der Waals surface area contributed by atoms with Gasteiger partial charge in [-0.1, -0.05) is 16.6 Å². The fourth-order valence-electron chi connectivity index (χ4n) is 2.92. The number of aromatic nitrogens is 2. The van der Waals surface area contributed by atoms with Gasteiger partial charge in [-0.2, -0.15) is 0 Å². The molecule has 0 radical (unpaired) electrons. The Morgan fingerprint density at radius 2 is 1.92 bits per heavy atom. The molecule has 1 aliphatic heterocycles. The van der Waals surface area contributed by atoms with Crippen molar-refractivity contribution >= 4 is 23.3 Å². The van der Waals surface area contributed by atoms with E-state index in [2.05, 4.69) is 19.8 Å². The average Bonchev–Trinajstić information content (AvgIpc) is 3.18. The normalized spacial score (nSPS) is 15.6. The van der Waals surface area contributed by atoms with Crippen LogP contribution in [0.15, 0.2) is 29.6 Å². The molecule has 1 aromatic carbocycles. The molecule has 1 saturated heterocycles. The SMILES string of the molecule is CN(C)C(=O)CN1CCC(NC(=O)c2ccc(-c3csnn3)cc2)CC1. The minimum absolute atomic E-state index is 0.0595. The van der Waals surface area contributed by atoms with Crippen LogP contribution in [0.5, 0.6) is 0 Å². The Labute approximate surface area is 157 Å². The van der Waals surface area contributed by atoms with Crippen LogP contribution in [-0.4, -0.2) is 71.0 Å². The highest BCUT2D eigenvalue weighted by atomic mass is 32.1. The molecule has 1 fully saturated rings. The number of benzene rings is 1. The van der Waals surface area contributed by atoms with E-state index in [-0.39, 0.29) is 17.9 Å². The molecule has 0 bridgehead atoms. The van der Waals surface area contributed by atoms with Crippen LogP contribution in [0.4, 0.5) is 0 Å². The van der Waals surface area contributed by atoms with E-state index in [4.69, 9.17) is 0 Å². The van der Waals surface area contributed by atoms with E-state index in [1.807, 2.05) is 29.6 Å². The first-order chi connectivity index (χ1) is 12.5. The number of rotatable bonds is 5. The molecule has 0 atom stereocenters. The number of carbonyl (C=O) groups excluding carboxylic acids is 2. The van der Waals surface area contributed by atoms with Crippen LogP contribution in [0.25, 0.3) is 11.3 Å². The molecule has 26 heavy (non-hydrogen) atoms. The second-order valence-corrected chi connectivity index (χ2v) is 7.29. The number of amides is 2. The monoisotopic (exact) mass is 373 g/mol. The zero-order valence-electron chi connectivity index (χ0n) is 15.0. The minimum atomic E-state index is -0.0595. The standard InChI is InChI=1S/C18H23N5O2S/c1-22(2)17(24)11-23-9-7-15(8-10-23)19-18(25)14-5-3-13(4-6-14)16-12-26-21-20-16/h3-6,12,15H,7-11H2,1-2H3,(H,19,25). The maximum absolute atomic E-state index is 12.4. The third-order valence-electron chi connectivity index (χ3n) is 4.58. The van der Waals surface area contributed by atoms with Crippen LogP contribution in [0.1, 0.15) is 23.2 Å². The van der Waals surface area contributed by atoms with Crippen LogP contribution in [0.2, 0.25) is 0 Å². The van der Waals surface area contributed by atoms with Gasteiger partial charge in [0.05, 0.1) is 6.54 Å². The smallest absolute Gasteiger partial charge is 0.251 e. The highest BCUT2D eigenvalue weighted by Crippen LogP contribution is 2.18. The molecule has 2 heterocycles. The summed E-state index contributed by atoms with van der Waals surface area (Å²) in [5.74, 6) is 0.0543. The quantitative estimate of drug-likeness (QED) is 0.859. The Morgan fingerprint density at radius 3 is 2.50 bits per heavy atom. The number of likely N-dealkylation sites (tertiary alicyclic amines) is 1. The summed E-state index contributed by atoms with van der Waals surface area (Å²) < 4.78 is 3.85. The van der Waals surface area contributed by atoms with E-state index in [0.717, 1.165) is 37.2 Å². The lowest BCUT2D eigenvalue weighted by Crippen LogP contribution is -2.47. The van der Waals surface area contributed by atoms with Gasteiger partial charge in [0.25, 0.3) is 5.91 Å². The zero-order chi connectivity index (χ0) is 18.5. The molecular formula is C18H23N5O2S. The summed E-state index contributed by atoms with van der Waals surface area (Å²) in [5, 5.41) is 9.01. The topological polar surface area (TPSA) is 78.4 Å². The lowest BCUT2D eigenvalue weighted by Gasteiger charge is -2.32. The first kappa shape index (κ1) is 18.5. The first-order valence-electron chi connectivity index (χ1n) is 8.64. The van der Waals surface area contributed by atoms with Crippen molar-refractivity contribution in [1.29, 1.82) is 0 Å². The Kier molecular flexibility index (Phi) is 5.95. The van der Waals surface area contributed by atoms with Crippen LogP contribution in [-0.2, 0) is 4.79 Å². The number of nitrogens with zero attached hydrogens (tertiary/aromatic N) is 4. The summed E-state index contributed by atoms with van der Waals surface area (Å²) in [6.07, 6.45) is 1.71. The van der Waals surface area contributed by atoms with E-state index in [1.54, 1.807) is 19.0 Å². The summed E-state index contributed by atoms with van der Waals surface area (Å²) in [6.45, 7) is 2.08. The second kappa shape index (κ2) is 8.37. The summed E-state index contributed by atoms with van der Waals surface area (Å²) in [4.78, 5) is 28.0. The molecule has 0 aliphatic carbocycles. The van der Waals surface area contributed by atoms with Crippen molar-refractivity contribution in [3.63, 3.8) is 0 Å². The van der Waals surface area contributed by atoms with Crippen molar-refractivity contribution in [1.82, 2.24) is 24.7 Å². The maximum Gasteiger partial charge on any atom is 0.251 e. The molecule has 1 N–H and O–H groups in total. The summed E-state index contributed by atoms with van der Waals surface area (Å²) in [7, 11) is 3.54. The molecule has 2 aromatic rings. The molecule has 0 saturated carbocycles. The predicted molar refractivity (Wildman–Crippen MR) is 101 cm³/mol. The third-order valence-corrected chi connectivity index (χ3v) is 5.09. The van der Waals surface area contributed by atoms with Crippen molar-refractivity contribution < 1.29 is 9.59 Å². The molecular weight excluding hydrogens is 350 g/mol. The fourth-order valence-corrected chi connectivity index (χ4v) is 3.38. The second-order valence-electron chi connectivity index (χ2n) is 6.68. The van der Waals surface area contributed by atoms with Crippen LogP contribution >= 0.6 is 11.5 Å². The summed E-state index contributed by atoms with van der Waals surface area (Å²) in [5.41, 5.74) is 2.41. The number of likely N-dealkylation sites (N-methyl/N-ethyl adjacent to an activating group) is 1. The van der Waals surface area contributed by atoms with Gasteiger partial charge >= 0.3 is 0 Å². The fraction of sp³-hybridized carbons (Fsp3) is 0.444. The summed E-state index contributed by atoms with van der Waals surface area (Å²) in [6, 6.07) is 7.56. The van der Waals surface area contributed by atoms with Gasteiger partial charge in [-0.25, -0.2) is 0 Å². The van der Waals surface area contributed by atoms with Gasteiger partial charge in [0, 0.05) is 49.7 Å². The van der Waals surface area contributed by atoms with Gasteiger partial charge in [-0.15, -0.1) is 5.10 Å². The third kappa shape index (κ3) is 4.64. The molecule has 1 aromatic heterocycles. The Bertz CT molecular complexity index is 737. The highest BCUT2D eigenvalue weighted by Gasteiger charge is 2.22. The molecule has 3 rings (SSSR count). The molecule has 138 valence electrons. The van der Waals surface area contributed by atoms with E-state index in [1.165, 1.54) is 11.5 Å². The van der Waals surface area contributed by atoms with Gasteiger partial charge in [-0.05, 0) is 36.5 Å².